The van der Waals surface area contributed by atoms with Crippen LogP contribution < -0.4 is 10.6 Å². The summed E-state index contributed by atoms with van der Waals surface area (Å²) in [4.78, 5) is 11.7. The van der Waals surface area contributed by atoms with Crippen molar-refractivity contribution in [2.75, 3.05) is 46.4 Å². The minimum Gasteiger partial charge on any atom is -0.385 e. The highest BCUT2D eigenvalue weighted by Crippen LogP contribution is 2.18. The SMILES string of the molecule is CCNC(=NCCc1nc(-c2ccc(Cl)cc2)no1)NC1CCN(CCCOC)CC1. The molecule has 0 atom stereocenters. The zero-order valence-electron chi connectivity index (χ0n) is 18.4. The van der Waals surface area contributed by atoms with Crippen LogP contribution in [0.25, 0.3) is 11.4 Å². The molecule has 0 unspecified atom stereocenters. The quantitative estimate of drug-likeness (QED) is 0.328. The Kier molecular flexibility index (Phi) is 9.58. The van der Waals surface area contributed by atoms with Gasteiger partial charge in [0, 0.05) is 62.9 Å². The summed E-state index contributed by atoms with van der Waals surface area (Å²) < 4.78 is 10.5. The van der Waals surface area contributed by atoms with E-state index < -0.39 is 0 Å². The summed E-state index contributed by atoms with van der Waals surface area (Å²) >= 11 is 5.93. The number of benzene rings is 1. The fraction of sp³-hybridized carbons (Fsp3) is 0.591. The molecule has 170 valence electrons. The van der Waals surface area contributed by atoms with Crippen molar-refractivity contribution >= 4 is 17.6 Å². The van der Waals surface area contributed by atoms with E-state index in [0.717, 1.165) is 63.6 Å². The molecule has 9 heteroatoms. The summed E-state index contributed by atoms with van der Waals surface area (Å²) in [7, 11) is 1.76. The van der Waals surface area contributed by atoms with Crippen LogP contribution in [-0.4, -0.2) is 73.5 Å². The van der Waals surface area contributed by atoms with Gasteiger partial charge in [-0.15, -0.1) is 0 Å². The lowest BCUT2D eigenvalue weighted by atomic mass is 10.1. The van der Waals surface area contributed by atoms with Gasteiger partial charge in [-0.3, -0.25) is 4.99 Å². The molecule has 0 spiro atoms. The second kappa shape index (κ2) is 12.6. The lowest BCUT2D eigenvalue weighted by Crippen LogP contribution is -2.49. The Balaban J connectivity index is 1.45. The van der Waals surface area contributed by atoms with Gasteiger partial charge in [-0.1, -0.05) is 16.8 Å². The molecule has 0 aliphatic carbocycles. The molecule has 1 aromatic heterocycles. The number of aliphatic imine (C=N–C) groups is 1. The van der Waals surface area contributed by atoms with Crippen molar-refractivity contribution in [3.8, 4) is 11.4 Å². The molecule has 2 N–H and O–H groups in total. The Morgan fingerprint density at radius 1 is 1.29 bits per heavy atom. The Morgan fingerprint density at radius 2 is 2.06 bits per heavy atom. The minimum absolute atomic E-state index is 0.441. The van der Waals surface area contributed by atoms with Crippen molar-refractivity contribution in [3.05, 3.63) is 35.2 Å². The molecule has 31 heavy (non-hydrogen) atoms. The molecule has 0 bridgehead atoms. The second-order valence-electron chi connectivity index (χ2n) is 7.64. The van der Waals surface area contributed by atoms with Gasteiger partial charge in [-0.05, 0) is 50.5 Å². The predicted molar refractivity (Wildman–Crippen MR) is 124 cm³/mol. The maximum Gasteiger partial charge on any atom is 0.228 e. The van der Waals surface area contributed by atoms with Gasteiger partial charge in [0.2, 0.25) is 11.7 Å². The van der Waals surface area contributed by atoms with Crippen molar-refractivity contribution in [3.63, 3.8) is 0 Å². The van der Waals surface area contributed by atoms with Crippen LogP contribution in [0.1, 0.15) is 32.1 Å². The predicted octanol–water partition coefficient (Wildman–Crippen LogP) is 2.99. The molecule has 8 nitrogen and oxygen atoms in total. The Morgan fingerprint density at radius 3 is 2.77 bits per heavy atom. The maximum atomic E-state index is 5.93. The van der Waals surface area contributed by atoms with E-state index in [4.69, 9.17) is 25.9 Å². The van der Waals surface area contributed by atoms with Crippen molar-refractivity contribution in [2.45, 2.75) is 38.6 Å². The lowest BCUT2D eigenvalue weighted by Gasteiger charge is -2.33. The monoisotopic (exact) mass is 448 g/mol. The maximum absolute atomic E-state index is 5.93. The zero-order valence-corrected chi connectivity index (χ0v) is 19.2. The number of hydrogen-bond donors (Lipinski definition) is 2. The minimum atomic E-state index is 0.441. The first-order valence-electron chi connectivity index (χ1n) is 11.0. The highest BCUT2D eigenvalue weighted by molar-refractivity contribution is 6.30. The number of hydrogen-bond acceptors (Lipinski definition) is 6. The van der Waals surface area contributed by atoms with Crippen molar-refractivity contribution in [1.82, 2.24) is 25.7 Å². The van der Waals surface area contributed by atoms with Crippen LogP contribution in [-0.2, 0) is 11.2 Å². The molecule has 1 aliphatic heterocycles. The van der Waals surface area contributed by atoms with Crippen LogP contribution in [0.3, 0.4) is 0 Å². The average Bonchev–Trinajstić information content (AvgIpc) is 3.25. The normalized spacial score (nSPS) is 15.9. The molecule has 0 amide bonds. The van der Waals surface area contributed by atoms with Gasteiger partial charge in [0.25, 0.3) is 0 Å². The fourth-order valence-corrected chi connectivity index (χ4v) is 3.71. The number of nitrogens with one attached hydrogen (secondary N) is 2. The summed E-state index contributed by atoms with van der Waals surface area (Å²) in [5, 5.41) is 11.6. The van der Waals surface area contributed by atoms with Crippen LogP contribution in [0.15, 0.2) is 33.8 Å². The Hall–Kier alpha value is -2.16. The fourth-order valence-electron chi connectivity index (χ4n) is 3.58. The molecule has 0 saturated carbocycles. The average molecular weight is 449 g/mol. The topological polar surface area (TPSA) is 87.8 Å². The van der Waals surface area contributed by atoms with E-state index in [2.05, 4.69) is 32.6 Å². The molecule has 1 aliphatic rings. The first-order chi connectivity index (χ1) is 15.2. The molecular weight excluding hydrogens is 416 g/mol. The van der Waals surface area contributed by atoms with Crippen LogP contribution in [0.4, 0.5) is 0 Å². The molecule has 1 saturated heterocycles. The molecule has 2 heterocycles. The van der Waals surface area contributed by atoms with Gasteiger partial charge in [0.05, 0.1) is 6.54 Å². The van der Waals surface area contributed by atoms with Gasteiger partial charge in [0.1, 0.15) is 0 Å². The van der Waals surface area contributed by atoms with E-state index in [1.807, 2.05) is 24.3 Å². The molecule has 1 aromatic carbocycles. The number of piperidine rings is 1. The molecule has 0 radical (unpaired) electrons. The molecule has 1 fully saturated rings. The van der Waals surface area contributed by atoms with Crippen LogP contribution in [0, 0.1) is 0 Å². The van der Waals surface area contributed by atoms with E-state index in [1.54, 1.807) is 7.11 Å². The first-order valence-corrected chi connectivity index (χ1v) is 11.4. The van der Waals surface area contributed by atoms with E-state index >= 15 is 0 Å². The number of methoxy groups -OCH3 is 1. The molecule has 3 rings (SSSR count). The van der Waals surface area contributed by atoms with Crippen molar-refractivity contribution in [2.24, 2.45) is 4.99 Å². The third-order valence-electron chi connectivity index (χ3n) is 5.26. The van der Waals surface area contributed by atoms with Gasteiger partial charge in [-0.25, -0.2) is 0 Å². The van der Waals surface area contributed by atoms with Gasteiger partial charge >= 0.3 is 0 Å². The van der Waals surface area contributed by atoms with E-state index in [1.165, 1.54) is 0 Å². The number of rotatable bonds is 10. The smallest absolute Gasteiger partial charge is 0.228 e. The van der Waals surface area contributed by atoms with Crippen LogP contribution in [0.5, 0.6) is 0 Å². The summed E-state index contributed by atoms with van der Waals surface area (Å²) in [5.74, 6) is 1.99. The van der Waals surface area contributed by atoms with E-state index in [0.29, 0.717) is 35.7 Å². The third-order valence-corrected chi connectivity index (χ3v) is 5.51. The highest BCUT2D eigenvalue weighted by atomic mass is 35.5. The molecule has 2 aromatic rings. The van der Waals surface area contributed by atoms with Gasteiger partial charge in [0.15, 0.2) is 5.96 Å². The number of nitrogens with zero attached hydrogens (tertiary/aromatic N) is 4. The van der Waals surface area contributed by atoms with Crippen molar-refractivity contribution < 1.29 is 9.26 Å². The number of ether oxygens (including phenoxy) is 1. The first kappa shape index (κ1) is 23.5. The number of likely N-dealkylation sites (tertiary alicyclic amines) is 1. The van der Waals surface area contributed by atoms with Crippen molar-refractivity contribution in [1.29, 1.82) is 0 Å². The number of aromatic nitrogens is 2. The summed E-state index contributed by atoms with van der Waals surface area (Å²) in [6, 6.07) is 7.83. The van der Waals surface area contributed by atoms with Crippen LogP contribution in [0.2, 0.25) is 5.02 Å². The summed E-state index contributed by atoms with van der Waals surface area (Å²) in [6.07, 6.45) is 3.92. The Bertz CT molecular complexity index is 803. The summed E-state index contributed by atoms with van der Waals surface area (Å²) in [5.41, 5.74) is 0.881. The zero-order chi connectivity index (χ0) is 21.9. The van der Waals surface area contributed by atoms with Gasteiger partial charge < -0.3 is 24.8 Å². The Labute approximate surface area is 189 Å². The molecular formula is C22H33ClN6O2. The number of guanidine groups is 1. The largest absolute Gasteiger partial charge is 0.385 e. The van der Waals surface area contributed by atoms with E-state index in [-0.39, 0.29) is 0 Å². The van der Waals surface area contributed by atoms with Crippen LogP contribution >= 0.6 is 11.6 Å². The third kappa shape index (κ3) is 7.79. The van der Waals surface area contributed by atoms with E-state index in [9.17, 15) is 0 Å². The lowest BCUT2D eigenvalue weighted by molar-refractivity contribution is 0.155. The summed E-state index contributed by atoms with van der Waals surface area (Å²) in [6.45, 7) is 7.63. The number of halogens is 1. The van der Waals surface area contributed by atoms with Gasteiger partial charge in [-0.2, -0.15) is 4.98 Å². The standard InChI is InChI=1S/C22H33ClN6O2/c1-3-24-22(26-19-10-14-29(15-11-19)13-4-16-30-2)25-12-9-20-27-21(28-31-20)17-5-7-18(23)8-6-17/h5-8,19H,3-4,9-16H2,1-2H3,(H2,24,25,26). The second-order valence-corrected chi connectivity index (χ2v) is 8.07. The highest BCUT2D eigenvalue weighted by Gasteiger charge is 2.19.